The largest absolute Gasteiger partial charge is 0.315 e. The minimum atomic E-state index is -3.48. The summed E-state index contributed by atoms with van der Waals surface area (Å²) in [6.07, 6.45) is 15.4. The van der Waals surface area contributed by atoms with Crippen LogP contribution in [0.1, 0.15) is 113 Å². The van der Waals surface area contributed by atoms with Crippen LogP contribution in [-0.2, 0) is 26.0 Å². The summed E-state index contributed by atoms with van der Waals surface area (Å²) in [6, 6.07) is 4.00. The molecule has 8 nitrogen and oxygen atoms in total. The molecule has 1 aromatic carbocycles. The highest BCUT2D eigenvalue weighted by Crippen LogP contribution is 2.32. The topological polar surface area (TPSA) is 99.2 Å². The predicted molar refractivity (Wildman–Crippen MR) is 166 cm³/mol. The number of nitrogens with one attached hydrogen (secondary N) is 1. The van der Waals surface area contributed by atoms with E-state index in [1.807, 2.05) is 33.0 Å². The van der Waals surface area contributed by atoms with Gasteiger partial charge in [0.1, 0.15) is 11.4 Å². The number of hydrogen-bond donors (Lipinski definition) is 1. The van der Waals surface area contributed by atoms with Gasteiger partial charge in [-0.3, -0.25) is 14.6 Å². The summed E-state index contributed by atoms with van der Waals surface area (Å²) < 4.78 is 28.2. The normalized spacial score (nSPS) is 27.6. The van der Waals surface area contributed by atoms with E-state index in [-0.39, 0.29) is 17.6 Å². The number of sulfonamides is 1. The highest BCUT2D eigenvalue weighted by molar-refractivity contribution is 7.89. The maximum atomic E-state index is 13.3. The van der Waals surface area contributed by atoms with Crippen LogP contribution in [0.3, 0.4) is 0 Å². The van der Waals surface area contributed by atoms with Crippen LogP contribution in [0.25, 0.3) is 0 Å². The molecule has 5 aliphatic rings. The third-order valence-corrected chi connectivity index (χ3v) is 11.2. The number of hydrogen-bond acceptors (Lipinski definition) is 5. The van der Waals surface area contributed by atoms with Crippen molar-refractivity contribution in [3.63, 3.8) is 0 Å². The first-order valence-electron chi connectivity index (χ1n) is 15.9. The zero-order valence-electron chi connectivity index (χ0n) is 25.5. The van der Waals surface area contributed by atoms with Crippen molar-refractivity contribution in [2.75, 3.05) is 30.8 Å². The Balaban J connectivity index is 1.44. The lowest BCUT2D eigenvalue weighted by molar-refractivity contribution is -0.125. The first-order chi connectivity index (χ1) is 19.6. The Bertz CT molecular complexity index is 1200. The number of carbonyl (C=O) groups excluding carboxylic acids is 2. The lowest BCUT2D eigenvalue weighted by Crippen LogP contribution is -2.50. The van der Waals surface area contributed by atoms with Crippen LogP contribution >= 0.6 is 0 Å². The Kier molecular flexibility index (Phi) is 11.0. The van der Waals surface area contributed by atoms with Crippen LogP contribution in [0.4, 0.5) is 5.69 Å². The molecule has 5 aliphatic heterocycles. The van der Waals surface area contributed by atoms with Gasteiger partial charge in [0, 0.05) is 38.7 Å². The monoisotopic (exact) mass is 586 g/mol. The van der Waals surface area contributed by atoms with Crippen LogP contribution in [0.15, 0.2) is 17.1 Å². The summed E-state index contributed by atoms with van der Waals surface area (Å²) in [5, 5.41) is 3.00. The number of rotatable bonds is 0. The second-order valence-corrected chi connectivity index (χ2v) is 14.5. The number of aliphatic imine (C=N–C) groups is 1. The highest BCUT2D eigenvalue weighted by atomic mass is 32.2. The number of benzene rings is 1. The van der Waals surface area contributed by atoms with Gasteiger partial charge in [-0.05, 0) is 74.8 Å². The Labute approximate surface area is 247 Å². The first kappa shape index (κ1) is 31.7. The molecule has 6 rings (SSSR count). The van der Waals surface area contributed by atoms with Gasteiger partial charge in [0.05, 0.1) is 5.75 Å². The zero-order chi connectivity index (χ0) is 29.5. The lowest BCUT2D eigenvalue weighted by Gasteiger charge is -2.34. The van der Waals surface area contributed by atoms with Crippen molar-refractivity contribution in [3.05, 3.63) is 28.8 Å². The number of aryl methyl sites for hydroxylation is 2. The molecule has 0 aliphatic carbocycles. The fourth-order valence-electron chi connectivity index (χ4n) is 6.57. The molecule has 1 spiro atoms. The second kappa shape index (κ2) is 14.3. The molecule has 0 saturated carbocycles. The van der Waals surface area contributed by atoms with Crippen LogP contribution < -0.4 is 10.2 Å². The van der Waals surface area contributed by atoms with Crippen molar-refractivity contribution < 1.29 is 18.0 Å². The third kappa shape index (κ3) is 8.19. The van der Waals surface area contributed by atoms with E-state index in [1.54, 1.807) is 9.21 Å². The SMILES string of the molecule is Cc1cc2cc(C)c1CCS(=O)(=O)N1CCC3(CC1)N=C(CCCCCCCCCCCCCC(=O)N2C)NC3=O. The minimum absolute atomic E-state index is 0.0243. The molecule has 1 saturated heterocycles. The van der Waals surface area contributed by atoms with Gasteiger partial charge in [0.15, 0.2) is 0 Å². The number of piperidine rings is 1. The molecular weight excluding hydrogens is 536 g/mol. The summed E-state index contributed by atoms with van der Waals surface area (Å²) in [7, 11) is -1.64. The van der Waals surface area contributed by atoms with Crippen LogP contribution in [-0.4, -0.2) is 61.8 Å². The van der Waals surface area contributed by atoms with Gasteiger partial charge in [0.25, 0.3) is 5.91 Å². The average molecular weight is 587 g/mol. The number of anilines is 1. The van der Waals surface area contributed by atoms with Crippen molar-refractivity contribution in [2.24, 2.45) is 4.99 Å². The maximum absolute atomic E-state index is 13.3. The van der Waals surface area contributed by atoms with Gasteiger partial charge in [-0.25, -0.2) is 12.7 Å². The fourth-order valence-corrected chi connectivity index (χ4v) is 8.03. The summed E-state index contributed by atoms with van der Waals surface area (Å²) >= 11 is 0. The molecule has 2 amide bonds. The second-order valence-electron chi connectivity index (χ2n) is 12.4. The minimum Gasteiger partial charge on any atom is -0.315 e. The first-order valence-corrected chi connectivity index (χ1v) is 17.5. The van der Waals surface area contributed by atoms with Gasteiger partial charge < -0.3 is 10.2 Å². The molecule has 41 heavy (non-hydrogen) atoms. The maximum Gasteiger partial charge on any atom is 0.253 e. The molecule has 1 N–H and O–H groups in total. The number of carbonyl (C=O) groups is 2. The van der Waals surface area contributed by atoms with Crippen molar-refractivity contribution in [1.29, 1.82) is 0 Å². The van der Waals surface area contributed by atoms with E-state index in [0.29, 0.717) is 38.8 Å². The van der Waals surface area contributed by atoms with E-state index in [0.717, 1.165) is 60.3 Å². The Morgan fingerprint density at radius 1 is 0.780 bits per heavy atom. The molecule has 9 heteroatoms. The van der Waals surface area contributed by atoms with Crippen LogP contribution in [0.2, 0.25) is 0 Å². The highest BCUT2D eigenvalue weighted by Gasteiger charge is 2.47. The number of nitrogens with zero attached hydrogens (tertiary/aromatic N) is 3. The number of amidine groups is 1. The van der Waals surface area contributed by atoms with Crippen molar-refractivity contribution in [2.45, 2.75) is 122 Å². The Hall–Kier alpha value is -2.26. The molecule has 228 valence electrons. The van der Waals surface area contributed by atoms with E-state index in [2.05, 4.69) is 5.32 Å². The van der Waals surface area contributed by atoms with Gasteiger partial charge in [0.2, 0.25) is 15.9 Å². The molecule has 0 aromatic heterocycles. The number of fused-ring (bicyclic) bond motifs is 2. The number of amides is 2. The quantitative estimate of drug-likeness (QED) is 0.429. The lowest BCUT2D eigenvalue weighted by atomic mass is 9.89. The molecule has 0 radical (unpaired) electrons. The fraction of sp³-hybridized carbons (Fsp3) is 0.719. The summed E-state index contributed by atoms with van der Waals surface area (Å²) in [6.45, 7) is 4.62. The molecule has 1 fully saturated rings. The average Bonchev–Trinajstić information content (AvgIpc) is 3.23. The van der Waals surface area contributed by atoms with Gasteiger partial charge in [-0.15, -0.1) is 0 Å². The van der Waals surface area contributed by atoms with Gasteiger partial charge >= 0.3 is 0 Å². The smallest absolute Gasteiger partial charge is 0.253 e. The van der Waals surface area contributed by atoms with Gasteiger partial charge in [-0.2, -0.15) is 0 Å². The van der Waals surface area contributed by atoms with E-state index in [9.17, 15) is 18.0 Å². The van der Waals surface area contributed by atoms with Crippen molar-refractivity contribution in [1.82, 2.24) is 9.62 Å². The van der Waals surface area contributed by atoms with Crippen molar-refractivity contribution in [3.8, 4) is 0 Å². The van der Waals surface area contributed by atoms with E-state index in [1.165, 1.54) is 44.9 Å². The Morgan fingerprint density at radius 2 is 1.29 bits per heavy atom. The molecule has 0 unspecified atom stereocenters. The standard InChI is InChI=1S/C32H50N4O4S/c1-25-23-27-24-26(2)28(25)17-22-41(39,40)36-20-18-32(19-21-36)31(38)33-29(34-32)15-13-11-9-7-5-4-6-8-10-12-14-16-30(37)35(27)3/h23-24H,4-22H2,1-3H3,(H,33,34,38). The molecule has 5 heterocycles. The summed E-state index contributed by atoms with van der Waals surface area (Å²) in [5.41, 5.74) is 3.08. The van der Waals surface area contributed by atoms with E-state index < -0.39 is 15.6 Å². The van der Waals surface area contributed by atoms with Crippen molar-refractivity contribution >= 4 is 33.4 Å². The van der Waals surface area contributed by atoms with E-state index >= 15 is 0 Å². The van der Waals surface area contributed by atoms with Crippen LogP contribution in [0, 0.1) is 13.8 Å². The summed E-state index contributed by atoms with van der Waals surface area (Å²) in [4.78, 5) is 32.3. The molecular formula is C32H50N4O4S. The van der Waals surface area contributed by atoms with Crippen LogP contribution in [0.5, 0.6) is 0 Å². The predicted octanol–water partition coefficient (Wildman–Crippen LogP) is 5.59. The Morgan fingerprint density at radius 3 is 1.85 bits per heavy atom. The third-order valence-electron chi connectivity index (χ3n) is 9.33. The van der Waals surface area contributed by atoms with Gasteiger partial charge in [-0.1, -0.05) is 57.8 Å². The molecule has 5 bridgehead atoms. The van der Waals surface area contributed by atoms with E-state index in [4.69, 9.17) is 4.99 Å². The molecule has 0 atom stereocenters. The molecule has 1 aromatic rings. The summed E-state index contributed by atoms with van der Waals surface area (Å²) in [5.74, 6) is 0.864. The zero-order valence-corrected chi connectivity index (χ0v) is 26.3.